The van der Waals surface area contributed by atoms with Crippen LogP contribution in [0.2, 0.25) is 10.0 Å². The Bertz CT molecular complexity index is 1200. The normalized spacial score (nSPS) is 14.5. The van der Waals surface area contributed by atoms with Gasteiger partial charge in [0.05, 0.1) is 16.2 Å². The molecule has 11 heteroatoms. The summed E-state index contributed by atoms with van der Waals surface area (Å²) in [6.45, 7) is 9.64. The predicted octanol–water partition coefficient (Wildman–Crippen LogP) is 5.18. The Kier molecular flexibility index (Phi) is 8.36. The first-order chi connectivity index (χ1) is 17.6. The molecular weight excluding hydrogens is 517 g/mol. The third-order valence-corrected chi connectivity index (χ3v) is 6.25. The van der Waals surface area contributed by atoms with Crippen LogP contribution in [0.4, 0.5) is 4.79 Å². The quantitative estimate of drug-likeness (QED) is 0.451. The van der Waals surface area contributed by atoms with Crippen molar-refractivity contribution in [2.24, 2.45) is 0 Å². The van der Waals surface area contributed by atoms with Crippen LogP contribution in [0.1, 0.15) is 31.9 Å². The van der Waals surface area contributed by atoms with Gasteiger partial charge in [-0.05, 0) is 44.0 Å². The predicted molar refractivity (Wildman–Crippen MR) is 141 cm³/mol. The fourth-order valence-electron chi connectivity index (χ4n) is 3.74. The number of ether oxygens (including phenoxy) is 2. The zero-order valence-corrected chi connectivity index (χ0v) is 22.5. The standard InChI is InChI=1S/C26H29Cl2N5O4/c1-26(2,3)37-25(35)33-10-8-32(9-11-33)15-17-4-6-18(7-5-17)16-36-24-29-14-22(30-31-24)19-12-20(27)23(34)21(28)13-19/h4-7,12-14,34H,8-11,15-16H2,1-3H3. The van der Waals surface area contributed by atoms with E-state index in [9.17, 15) is 9.90 Å². The summed E-state index contributed by atoms with van der Waals surface area (Å²) in [6.07, 6.45) is 1.26. The van der Waals surface area contributed by atoms with Gasteiger partial charge in [0.25, 0.3) is 0 Å². The maximum atomic E-state index is 12.2. The van der Waals surface area contributed by atoms with Crippen LogP contribution >= 0.6 is 23.2 Å². The smallest absolute Gasteiger partial charge is 0.410 e. The molecule has 1 aliphatic rings. The van der Waals surface area contributed by atoms with Crippen LogP contribution in [-0.4, -0.2) is 68.0 Å². The minimum absolute atomic E-state index is 0.121. The number of nitrogens with zero attached hydrogens (tertiary/aromatic N) is 5. The number of rotatable bonds is 6. The second-order valence-electron chi connectivity index (χ2n) is 9.76. The highest BCUT2D eigenvalue weighted by molar-refractivity contribution is 6.37. The first kappa shape index (κ1) is 26.9. The highest BCUT2D eigenvalue weighted by atomic mass is 35.5. The molecule has 196 valence electrons. The molecule has 1 amide bonds. The SMILES string of the molecule is CC(C)(C)OC(=O)N1CCN(Cc2ccc(COc3ncc(-c4cc(Cl)c(O)c(Cl)c4)nn3)cc2)CC1. The van der Waals surface area contributed by atoms with E-state index in [1.807, 2.05) is 32.9 Å². The summed E-state index contributed by atoms with van der Waals surface area (Å²) in [5.74, 6) is -0.181. The number of aromatic nitrogens is 3. The monoisotopic (exact) mass is 545 g/mol. The molecule has 1 aliphatic heterocycles. The van der Waals surface area contributed by atoms with Gasteiger partial charge in [-0.25, -0.2) is 9.78 Å². The van der Waals surface area contributed by atoms with Gasteiger partial charge in [0, 0.05) is 38.3 Å². The first-order valence-electron chi connectivity index (χ1n) is 11.9. The van der Waals surface area contributed by atoms with E-state index in [-0.39, 0.29) is 27.9 Å². The van der Waals surface area contributed by atoms with Gasteiger partial charge in [-0.1, -0.05) is 52.6 Å². The summed E-state index contributed by atoms with van der Waals surface area (Å²) in [5, 5.41) is 18.1. The van der Waals surface area contributed by atoms with Crippen LogP contribution < -0.4 is 4.74 Å². The molecule has 1 saturated heterocycles. The van der Waals surface area contributed by atoms with Crippen LogP contribution in [0.3, 0.4) is 0 Å². The van der Waals surface area contributed by atoms with Crippen molar-refractivity contribution in [2.45, 2.75) is 39.5 Å². The van der Waals surface area contributed by atoms with Crippen molar-refractivity contribution in [1.82, 2.24) is 25.0 Å². The van der Waals surface area contributed by atoms with E-state index in [2.05, 4.69) is 32.2 Å². The van der Waals surface area contributed by atoms with Crippen LogP contribution in [-0.2, 0) is 17.9 Å². The molecule has 0 radical (unpaired) electrons. The highest BCUT2D eigenvalue weighted by Crippen LogP contribution is 2.35. The molecule has 0 atom stereocenters. The lowest BCUT2D eigenvalue weighted by atomic mass is 10.1. The van der Waals surface area contributed by atoms with E-state index in [1.54, 1.807) is 4.90 Å². The fraction of sp³-hybridized carbons (Fsp3) is 0.385. The van der Waals surface area contributed by atoms with Crippen LogP contribution in [0, 0.1) is 0 Å². The largest absolute Gasteiger partial charge is 0.505 e. The van der Waals surface area contributed by atoms with E-state index < -0.39 is 5.60 Å². The van der Waals surface area contributed by atoms with Crippen molar-refractivity contribution < 1.29 is 19.4 Å². The first-order valence-corrected chi connectivity index (χ1v) is 12.6. The van der Waals surface area contributed by atoms with Crippen LogP contribution in [0.15, 0.2) is 42.6 Å². The van der Waals surface area contributed by atoms with Gasteiger partial charge in [0.1, 0.15) is 17.9 Å². The molecule has 0 saturated carbocycles. The summed E-state index contributed by atoms with van der Waals surface area (Å²) in [5.41, 5.74) is 2.71. The summed E-state index contributed by atoms with van der Waals surface area (Å²) < 4.78 is 11.1. The number of carbonyl (C=O) groups excluding carboxylic acids is 1. The summed E-state index contributed by atoms with van der Waals surface area (Å²) >= 11 is 11.9. The number of hydrogen-bond donors (Lipinski definition) is 1. The molecule has 4 rings (SSSR count). The number of phenols is 1. The zero-order chi connectivity index (χ0) is 26.6. The van der Waals surface area contributed by atoms with E-state index >= 15 is 0 Å². The van der Waals surface area contributed by atoms with Gasteiger partial charge in [-0.2, -0.15) is 0 Å². The third-order valence-electron chi connectivity index (χ3n) is 5.67. The number of halogens is 2. The van der Waals surface area contributed by atoms with Gasteiger partial charge in [-0.3, -0.25) is 4.90 Å². The molecule has 1 N–H and O–H groups in total. The fourth-order valence-corrected chi connectivity index (χ4v) is 4.23. The third kappa shape index (κ3) is 7.44. The second-order valence-corrected chi connectivity index (χ2v) is 10.6. The van der Waals surface area contributed by atoms with Crippen LogP contribution in [0.25, 0.3) is 11.3 Å². The summed E-state index contributed by atoms with van der Waals surface area (Å²) in [7, 11) is 0. The molecule has 0 aliphatic carbocycles. The lowest BCUT2D eigenvalue weighted by Crippen LogP contribution is -2.49. The molecular formula is C26H29Cl2N5O4. The van der Waals surface area contributed by atoms with E-state index in [1.165, 1.54) is 23.9 Å². The van der Waals surface area contributed by atoms with Gasteiger partial charge < -0.3 is 19.5 Å². The number of amides is 1. The minimum Gasteiger partial charge on any atom is -0.505 e. The van der Waals surface area contributed by atoms with Gasteiger partial charge in [-0.15, -0.1) is 5.10 Å². The number of hydrogen-bond acceptors (Lipinski definition) is 8. The van der Waals surface area contributed by atoms with Crippen molar-refractivity contribution in [3.05, 3.63) is 63.8 Å². The number of benzene rings is 2. The van der Waals surface area contributed by atoms with Crippen molar-refractivity contribution in [2.75, 3.05) is 26.2 Å². The van der Waals surface area contributed by atoms with Crippen LogP contribution in [0.5, 0.6) is 11.8 Å². The molecule has 0 unspecified atom stereocenters. The van der Waals surface area contributed by atoms with E-state index in [4.69, 9.17) is 32.7 Å². The molecule has 0 bridgehead atoms. The number of piperazine rings is 1. The number of phenolic OH excluding ortho intramolecular Hbond substituents is 1. The average molecular weight is 546 g/mol. The van der Waals surface area contributed by atoms with Crippen molar-refractivity contribution in [3.63, 3.8) is 0 Å². The Morgan fingerprint density at radius 2 is 1.62 bits per heavy atom. The molecule has 1 fully saturated rings. The number of carbonyl (C=O) groups is 1. The van der Waals surface area contributed by atoms with Crippen molar-refractivity contribution in [1.29, 1.82) is 0 Å². The lowest BCUT2D eigenvalue weighted by Gasteiger charge is -2.35. The van der Waals surface area contributed by atoms with Gasteiger partial charge in [0.15, 0.2) is 5.75 Å². The maximum absolute atomic E-state index is 12.2. The van der Waals surface area contributed by atoms with E-state index in [0.29, 0.717) is 31.0 Å². The molecule has 37 heavy (non-hydrogen) atoms. The van der Waals surface area contributed by atoms with Crippen molar-refractivity contribution in [3.8, 4) is 23.0 Å². The molecule has 3 aromatic rings. The Labute approximate surface area is 225 Å². The van der Waals surface area contributed by atoms with Gasteiger partial charge >= 0.3 is 12.1 Å². The van der Waals surface area contributed by atoms with Gasteiger partial charge in [0.2, 0.25) is 0 Å². The maximum Gasteiger partial charge on any atom is 0.410 e. The lowest BCUT2D eigenvalue weighted by molar-refractivity contribution is 0.0139. The molecule has 2 heterocycles. The van der Waals surface area contributed by atoms with Crippen molar-refractivity contribution >= 4 is 29.3 Å². The Balaban J connectivity index is 1.25. The topological polar surface area (TPSA) is 101 Å². The Hall–Kier alpha value is -3.14. The molecule has 1 aromatic heterocycles. The highest BCUT2D eigenvalue weighted by Gasteiger charge is 2.25. The summed E-state index contributed by atoms with van der Waals surface area (Å²) in [6, 6.07) is 11.4. The Morgan fingerprint density at radius 3 is 2.19 bits per heavy atom. The molecule has 0 spiro atoms. The number of aromatic hydroxyl groups is 1. The minimum atomic E-state index is -0.483. The molecule has 9 nitrogen and oxygen atoms in total. The Morgan fingerprint density at radius 1 is 1.00 bits per heavy atom. The second kappa shape index (κ2) is 11.5. The van der Waals surface area contributed by atoms with E-state index in [0.717, 1.165) is 25.2 Å². The average Bonchev–Trinajstić information content (AvgIpc) is 2.86. The zero-order valence-electron chi connectivity index (χ0n) is 20.9. The summed E-state index contributed by atoms with van der Waals surface area (Å²) in [4.78, 5) is 20.5. The molecule has 2 aromatic carbocycles.